The smallest absolute Gasteiger partial charge is 0.261 e. The molecule has 1 N–H and O–H groups in total. The van der Waals surface area contributed by atoms with Crippen LogP contribution in [0.1, 0.15) is 5.56 Å². The third kappa shape index (κ3) is 3.73. The zero-order valence-corrected chi connectivity index (χ0v) is 15.6. The highest BCUT2D eigenvalue weighted by atomic mass is 79.9. The molecule has 3 rings (SSSR count). The van der Waals surface area contributed by atoms with Crippen LogP contribution in [0.2, 0.25) is 0 Å². The number of halogens is 1. The number of hydrogen-bond acceptors (Lipinski definition) is 3. The molecule has 3 aromatic rings. The topological polar surface area (TPSA) is 70.7 Å². The molecule has 26 heavy (non-hydrogen) atoms. The quantitative estimate of drug-likeness (QED) is 0.526. The van der Waals surface area contributed by atoms with Crippen LogP contribution >= 0.6 is 15.9 Å². The molecule has 0 saturated heterocycles. The second-order valence-corrected chi connectivity index (χ2v) is 6.38. The van der Waals surface area contributed by atoms with Crippen LogP contribution in [0.3, 0.4) is 0 Å². The second kappa shape index (κ2) is 7.81. The number of rotatable bonds is 4. The molecule has 0 aliphatic heterocycles. The van der Waals surface area contributed by atoms with E-state index in [2.05, 4.69) is 26.3 Å². The van der Waals surface area contributed by atoms with E-state index in [0.29, 0.717) is 11.3 Å². The molecule has 0 saturated carbocycles. The Morgan fingerprint density at radius 3 is 2.50 bits per heavy atom. The number of carbonyl (C=O) groups is 1. The number of benzene rings is 2. The van der Waals surface area contributed by atoms with Crippen LogP contribution in [-0.4, -0.2) is 22.7 Å². The van der Waals surface area contributed by atoms with Crippen molar-refractivity contribution in [2.24, 2.45) is 0 Å². The lowest BCUT2D eigenvalue weighted by molar-refractivity contribution is -0.116. The zero-order chi connectivity index (χ0) is 18.5. The molecule has 0 atom stereocenters. The van der Waals surface area contributed by atoms with Crippen LogP contribution in [0.4, 0.5) is 0 Å². The number of aromatic nitrogens is 2. The molecule has 0 spiro atoms. The molecule has 0 bridgehead atoms. The fraction of sp³-hybridized carbons (Fsp3) is 0.0500. The minimum atomic E-state index is -0.429. The summed E-state index contributed by atoms with van der Waals surface area (Å²) in [5.41, 5.74) is 3.19. The number of nitrogens with one attached hydrogen (secondary N) is 1. The molecule has 1 amide bonds. The Bertz CT molecular complexity index is 999. The van der Waals surface area contributed by atoms with E-state index in [0.717, 1.165) is 15.7 Å². The minimum Gasteiger partial charge on any atom is -0.354 e. The lowest BCUT2D eigenvalue weighted by Gasteiger charge is -2.01. The first-order valence-electron chi connectivity index (χ1n) is 7.87. The molecule has 0 aliphatic rings. The van der Waals surface area contributed by atoms with E-state index in [1.165, 1.54) is 7.05 Å². The van der Waals surface area contributed by atoms with Crippen LogP contribution in [0.5, 0.6) is 0 Å². The van der Waals surface area contributed by atoms with Crippen LogP contribution in [-0.2, 0) is 4.79 Å². The predicted octanol–water partition coefficient (Wildman–Crippen LogP) is 3.95. The molecular weight excluding hydrogens is 392 g/mol. The maximum absolute atomic E-state index is 11.9. The van der Waals surface area contributed by atoms with Crippen molar-refractivity contribution in [2.45, 2.75) is 0 Å². The van der Waals surface area contributed by atoms with Crippen molar-refractivity contribution < 1.29 is 4.79 Å². The fourth-order valence-corrected chi connectivity index (χ4v) is 2.74. The van der Waals surface area contributed by atoms with E-state index >= 15 is 0 Å². The van der Waals surface area contributed by atoms with Gasteiger partial charge in [0.25, 0.3) is 5.91 Å². The zero-order valence-electron chi connectivity index (χ0n) is 14.0. The number of hydrogen-bond donors (Lipinski definition) is 1. The summed E-state index contributed by atoms with van der Waals surface area (Å²) in [6.07, 6.45) is 3.37. The molecule has 5 nitrogen and oxygen atoms in total. The molecule has 1 heterocycles. The van der Waals surface area contributed by atoms with E-state index in [4.69, 9.17) is 0 Å². The number of nitrogens with zero attached hydrogens (tertiary/aromatic N) is 3. The molecular formula is C20H15BrN4O. The largest absolute Gasteiger partial charge is 0.354 e. The first kappa shape index (κ1) is 17.6. The molecule has 0 radical (unpaired) electrons. The van der Waals surface area contributed by atoms with E-state index < -0.39 is 5.91 Å². The predicted molar refractivity (Wildman–Crippen MR) is 104 cm³/mol. The number of nitriles is 1. The first-order chi connectivity index (χ1) is 12.6. The Balaban J connectivity index is 2.16. The van der Waals surface area contributed by atoms with Gasteiger partial charge in [-0.25, -0.2) is 4.68 Å². The van der Waals surface area contributed by atoms with Gasteiger partial charge in [0, 0.05) is 28.8 Å². The van der Waals surface area contributed by atoms with E-state index in [1.807, 2.05) is 66.9 Å². The normalized spacial score (nSPS) is 11.0. The molecule has 2 aromatic carbocycles. The van der Waals surface area contributed by atoms with Crippen molar-refractivity contribution >= 4 is 27.9 Å². The maximum atomic E-state index is 11.9. The van der Waals surface area contributed by atoms with Crippen LogP contribution in [0.25, 0.3) is 23.0 Å². The summed E-state index contributed by atoms with van der Waals surface area (Å²) in [5, 5.41) is 16.4. The van der Waals surface area contributed by atoms with Gasteiger partial charge in [0.05, 0.1) is 11.4 Å². The average molecular weight is 407 g/mol. The molecule has 0 aliphatic carbocycles. The van der Waals surface area contributed by atoms with Gasteiger partial charge in [-0.3, -0.25) is 4.79 Å². The van der Waals surface area contributed by atoms with Gasteiger partial charge >= 0.3 is 0 Å². The Kier molecular flexibility index (Phi) is 5.30. The van der Waals surface area contributed by atoms with Gasteiger partial charge in [-0.05, 0) is 30.3 Å². The summed E-state index contributed by atoms with van der Waals surface area (Å²) in [6, 6.07) is 19.3. The number of para-hydroxylation sites is 1. The third-order valence-corrected chi connectivity index (χ3v) is 4.30. The van der Waals surface area contributed by atoms with Gasteiger partial charge in [0.15, 0.2) is 0 Å². The fourth-order valence-electron chi connectivity index (χ4n) is 2.48. The van der Waals surface area contributed by atoms with Gasteiger partial charge in [-0.2, -0.15) is 10.4 Å². The van der Waals surface area contributed by atoms with Crippen molar-refractivity contribution in [3.8, 4) is 23.0 Å². The minimum absolute atomic E-state index is 0.0264. The first-order valence-corrected chi connectivity index (χ1v) is 8.66. The van der Waals surface area contributed by atoms with Crippen molar-refractivity contribution in [3.63, 3.8) is 0 Å². The van der Waals surface area contributed by atoms with E-state index in [9.17, 15) is 10.1 Å². The van der Waals surface area contributed by atoms with Crippen LogP contribution in [0, 0.1) is 11.3 Å². The summed E-state index contributed by atoms with van der Waals surface area (Å²) < 4.78 is 2.70. The molecule has 128 valence electrons. The Morgan fingerprint density at radius 1 is 1.19 bits per heavy atom. The Hall–Kier alpha value is -3.17. The highest BCUT2D eigenvalue weighted by Crippen LogP contribution is 2.27. The second-order valence-electron chi connectivity index (χ2n) is 5.47. The molecule has 6 heteroatoms. The summed E-state index contributed by atoms with van der Waals surface area (Å²) in [4.78, 5) is 11.9. The number of likely N-dealkylation sites (N-methyl/N-ethyl adjacent to an activating group) is 1. The Labute approximate surface area is 159 Å². The van der Waals surface area contributed by atoms with Gasteiger partial charge in [-0.1, -0.05) is 46.3 Å². The highest BCUT2D eigenvalue weighted by molar-refractivity contribution is 9.10. The van der Waals surface area contributed by atoms with Gasteiger partial charge in [-0.15, -0.1) is 0 Å². The van der Waals surface area contributed by atoms with Gasteiger partial charge in [0.2, 0.25) is 0 Å². The Morgan fingerprint density at radius 2 is 1.88 bits per heavy atom. The maximum Gasteiger partial charge on any atom is 0.261 e. The SMILES string of the molecule is CNC(=O)C(C#N)=Cc1cn(-c2ccccc2)nc1-c1ccc(Br)cc1. The lowest BCUT2D eigenvalue weighted by Crippen LogP contribution is -2.19. The highest BCUT2D eigenvalue weighted by Gasteiger charge is 2.14. The summed E-state index contributed by atoms with van der Waals surface area (Å²) in [7, 11) is 1.50. The molecule has 0 unspecified atom stereocenters. The van der Waals surface area contributed by atoms with E-state index in [-0.39, 0.29) is 5.57 Å². The van der Waals surface area contributed by atoms with Crippen molar-refractivity contribution in [1.29, 1.82) is 5.26 Å². The van der Waals surface area contributed by atoms with Crippen molar-refractivity contribution in [3.05, 3.63) is 76.4 Å². The third-order valence-electron chi connectivity index (χ3n) is 3.77. The van der Waals surface area contributed by atoms with Crippen LogP contribution in [0.15, 0.2) is 70.8 Å². The lowest BCUT2D eigenvalue weighted by atomic mass is 10.1. The van der Waals surface area contributed by atoms with Crippen molar-refractivity contribution in [2.75, 3.05) is 7.05 Å². The van der Waals surface area contributed by atoms with E-state index in [1.54, 1.807) is 10.8 Å². The number of amides is 1. The van der Waals surface area contributed by atoms with Gasteiger partial charge < -0.3 is 5.32 Å². The molecule has 0 fully saturated rings. The summed E-state index contributed by atoms with van der Waals surface area (Å²) >= 11 is 3.42. The van der Waals surface area contributed by atoms with Crippen molar-refractivity contribution in [1.82, 2.24) is 15.1 Å². The molecule has 1 aromatic heterocycles. The van der Waals surface area contributed by atoms with Crippen LogP contribution < -0.4 is 5.32 Å². The summed E-state index contributed by atoms with van der Waals surface area (Å²) in [6.45, 7) is 0. The summed E-state index contributed by atoms with van der Waals surface area (Å²) in [5.74, 6) is -0.429. The monoisotopic (exact) mass is 406 g/mol. The standard InChI is InChI=1S/C20H15BrN4O/c1-23-20(26)15(12-22)11-16-13-25(18-5-3-2-4-6-18)24-19(16)14-7-9-17(21)10-8-14/h2-11,13H,1H3,(H,23,26). The average Bonchev–Trinajstić information content (AvgIpc) is 3.10. The number of carbonyl (C=O) groups excluding carboxylic acids is 1. The van der Waals surface area contributed by atoms with Gasteiger partial charge in [0.1, 0.15) is 11.6 Å².